The van der Waals surface area contributed by atoms with Crippen LogP contribution in [0.2, 0.25) is 0 Å². The van der Waals surface area contributed by atoms with Gasteiger partial charge in [0.2, 0.25) is 4.21 Å². The third kappa shape index (κ3) is 3.36. The van der Waals surface area contributed by atoms with Gasteiger partial charge in [-0.05, 0) is 73.8 Å². The highest BCUT2D eigenvalue weighted by atomic mass is 32.2. The number of hydrogen-bond acceptors (Lipinski definition) is 5. The van der Waals surface area contributed by atoms with Gasteiger partial charge in [-0.3, -0.25) is 0 Å². The molecule has 1 aromatic carbocycles. The second-order valence-electron chi connectivity index (χ2n) is 7.60. The summed E-state index contributed by atoms with van der Waals surface area (Å²) in [6.45, 7) is 3.31. The Morgan fingerprint density at radius 2 is 1.96 bits per heavy atom. The SMILES string of the molecule is CC(C)(O)c1csc([S@@+]([O-])N(N)C(=O)Nc2c3c(cc4c2CC4)CCC3)c1. The number of hydrogen-bond donors (Lipinski definition) is 3. The van der Waals surface area contributed by atoms with Gasteiger partial charge in [-0.1, -0.05) is 21.8 Å². The molecule has 2 aromatic rings. The van der Waals surface area contributed by atoms with E-state index in [1.165, 1.54) is 33.6 Å². The topological polar surface area (TPSA) is 102 Å². The number of hydrazine groups is 1. The van der Waals surface area contributed by atoms with Crippen LogP contribution in [0.1, 0.15) is 48.1 Å². The van der Waals surface area contributed by atoms with E-state index in [-0.39, 0.29) is 0 Å². The average molecular weight is 406 g/mol. The predicted molar refractivity (Wildman–Crippen MR) is 107 cm³/mol. The molecule has 0 aliphatic heterocycles. The number of carbonyl (C=O) groups is 1. The van der Waals surface area contributed by atoms with E-state index >= 15 is 0 Å². The van der Waals surface area contributed by atoms with Gasteiger partial charge in [-0.2, -0.15) is 5.84 Å². The van der Waals surface area contributed by atoms with Crippen molar-refractivity contribution in [1.82, 2.24) is 4.41 Å². The van der Waals surface area contributed by atoms with E-state index in [2.05, 4.69) is 11.4 Å². The summed E-state index contributed by atoms with van der Waals surface area (Å²) in [7, 11) is 0. The van der Waals surface area contributed by atoms with E-state index in [4.69, 9.17) is 5.84 Å². The van der Waals surface area contributed by atoms with Gasteiger partial charge >= 0.3 is 6.03 Å². The Balaban J connectivity index is 1.53. The van der Waals surface area contributed by atoms with Crippen molar-refractivity contribution >= 4 is 34.4 Å². The number of thiophene rings is 1. The van der Waals surface area contributed by atoms with Crippen molar-refractivity contribution in [1.29, 1.82) is 0 Å². The minimum Gasteiger partial charge on any atom is -0.586 e. The Kier molecular flexibility index (Phi) is 4.72. The van der Waals surface area contributed by atoms with E-state index in [0.29, 0.717) is 9.77 Å². The van der Waals surface area contributed by atoms with Crippen molar-refractivity contribution in [3.8, 4) is 0 Å². The lowest BCUT2D eigenvalue weighted by Gasteiger charge is -2.27. The molecule has 144 valence electrons. The number of urea groups is 1. The van der Waals surface area contributed by atoms with E-state index in [1.807, 2.05) is 0 Å². The molecule has 4 rings (SSSR count). The van der Waals surface area contributed by atoms with Gasteiger partial charge < -0.3 is 15.0 Å². The molecule has 0 bridgehead atoms. The van der Waals surface area contributed by atoms with E-state index in [9.17, 15) is 14.5 Å². The molecule has 1 heterocycles. The summed E-state index contributed by atoms with van der Waals surface area (Å²) in [5.74, 6) is 5.88. The molecule has 6 nitrogen and oxygen atoms in total. The molecule has 4 N–H and O–H groups in total. The first-order valence-electron chi connectivity index (χ1n) is 9.01. The van der Waals surface area contributed by atoms with E-state index in [1.54, 1.807) is 25.3 Å². The van der Waals surface area contributed by atoms with Crippen LogP contribution in [-0.2, 0) is 42.6 Å². The fraction of sp³-hybridized carbons (Fsp3) is 0.421. The molecule has 1 atom stereocenters. The third-order valence-corrected chi connectivity index (χ3v) is 7.73. The molecule has 0 radical (unpaired) electrons. The molecule has 1 aromatic heterocycles. The van der Waals surface area contributed by atoms with Gasteiger partial charge in [0.1, 0.15) is 11.4 Å². The van der Waals surface area contributed by atoms with Gasteiger partial charge in [0.05, 0.1) is 5.60 Å². The van der Waals surface area contributed by atoms with Crippen LogP contribution in [0.25, 0.3) is 0 Å². The lowest BCUT2D eigenvalue weighted by Crippen LogP contribution is -2.45. The summed E-state index contributed by atoms with van der Waals surface area (Å²) in [6.07, 6.45) is 5.07. The highest BCUT2D eigenvalue weighted by Gasteiger charge is 2.32. The summed E-state index contributed by atoms with van der Waals surface area (Å²) >= 11 is -0.620. The van der Waals surface area contributed by atoms with Crippen molar-refractivity contribution in [3.05, 3.63) is 45.3 Å². The average Bonchev–Trinajstić information content (AvgIpc) is 3.24. The fourth-order valence-corrected chi connectivity index (χ4v) is 5.78. The van der Waals surface area contributed by atoms with Gasteiger partial charge in [0.15, 0.2) is 0 Å². The number of nitrogens with one attached hydrogen (secondary N) is 1. The zero-order valence-electron chi connectivity index (χ0n) is 15.4. The Hall–Kier alpha value is -1.58. The minimum atomic E-state index is -1.83. The van der Waals surface area contributed by atoms with Crippen molar-refractivity contribution in [3.63, 3.8) is 0 Å². The first-order chi connectivity index (χ1) is 12.8. The number of anilines is 1. The molecule has 0 spiro atoms. The molecule has 0 fully saturated rings. The highest BCUT2D eigenvalue weighted by Crippen LogP contribution is 2.40. The summed E-state index contributed by atoms with van der Waals surface area (Å²) in [5, 5.41) is 14.7. The van der Waals surface area contributed by atoms with Crippen molar-refractivity contribution in [2.24, 2.45) is 5.84 Å². The normalized spacial score (nSPS) is 16.3. The molecular formula is C19H23N3O3S2. The third-order valence-electron chi connectivity index (χ3n) is 5.31. The summed E-state index contributed by atoms with van der Waals surface area (Å²) in [5.41, 5.74) is 5.46. The van der Waals surface area contributed by atoms with Crippen LogP contribution < -0.4 is 11.2 Å². The smallest absolute Gasteiger partial charge is 0.379 e. The molecule has 27 heavy (non-hydrogen) atoms. The second kappa shape index (κ2) is 6.79. The maximum atomic E-state index is 12.7. The predicted octanol–water partition coefficient (Wildman–Crippen LogP) is 2.99. The Morgan fingerprint density at radius 3 is 2.59 bits per heavy atom. The minimum absolute atomic E-state index is 0.427. The van der Waals surface area contributed by atoms with Gasteiger partial charge in [0, 0.05) is 17.1 Å². The summed E-state index contributed by atoms with van der Waals surface area (Å²) in [4.78, 5) is 12.7. The monoisotopic (exact) mass is 405 g/mol. The molecule has 0 saturated heterocycles. The van der Waals surface area contributed by atoms with Crippen LogP contribution in [0.4, 0.5) is 10.5 Å². The van der Waals surface area contributed by atoms with Crippen molar-refractivity contribution in [2.75, 3.05) is 5.32 Å². The number of nitrogens with zero attached hydrogens (tertiary/aromatic N) is 1. The van der Waals surface area contributed by atoms with E-state index < -0.39 is 23.0 Å². The number of rotatable bonds is 4. The quantitative estimate of drug-likeness (QED) is 0.315. The largest absolute Gasteiger partial charge is 0.586 e. The molecule has 2 aliphatic rings. The van der Waals surface area contributed by atoms with Crippen molar-refractivity contribution in [2.45, 2.75) is 55.8 Å². The number of nitrogens with two attached hydrogens (primary N) is 1. The van der Waals surface area contributed by atoms with Crippen LogP contribution in [0.3, 0.4) is 0 Å². The molecular weight excluding hydrogens is 382 g/mol. The maximum absolute atomic E-state index is 12.7. The van der Waals surface area contributed by atoms with Crippen LogP contribution >= 0.6 is 11.3 Å². The molecule has 8 heteroatoms. The zero-order chi connectivity index (χ0) is 19.3. The standard InChI is InChI=1S/C19H23N3O3S2/c1-19(2,24)13-9-16(26-10-13)27(25)22(20)18(23)21-17-14-5-3-4-11(14)8-12-6-7-15(12)17/h8-10,24H,3-7,20H2,1-2H3,(H,21,23)/t27-/m1/s1. The fourth-order valence-electron chi connectivity index (χ4n) is 3.66. The lowest BCUT2D eigenvalue weighted by atomic mass is 9.83. The molecule has 2 amide bonds. The number of aryl methyl sites for hydroxylation is 2. The number of carbonyl (C=O) groups excluding carboxylic acids is 1. The molecule has 2 aliphatic carbocycles. The van der Waals surface area contributed by atoms with Crippen LogP contribution in [0.15, 0.2) is 21.7 Å². The Bertz CT molecular complexity index is 904. The summed E-state index contributed by atoms with van der Waals surface area (Å²) < 4.78 is 13.9. The van der Waals surface area contributed by atoms with Crippen LogP contribution in [0.5, 0.6) is 0 Å². The van der Waals surface area contributed by atoms with Crippen LogP contribution in [-0.4, -0.2) is 20.1 Å². The number of aliphatic hydroxyl groups is 1. The molecule has 0 saturated carbocycles. The van der Waals surface area contributed by atoms with Gasteiger partial charge in [0.25, 0.3) is 0 Å². The van der Waals surface area contributed by atoms with Gasteiger partial charge in [-0.25, -0.2) is 4.79 Å². The first-order valence-corrected chi connectivity index (χ1v) is 11.0. The first kappa shape index (κ1) is 18.8. The summed E-state index contributed by atoms with van der Waals surface area (Å²) in [6, 6.07) is 3.31. The lowest BCUT2D eigenvalue weighted by molar-refractivity contribution is 0.0789. The zero-order valence-corrected chi connectivity index (χ0v) is 17.0. The van der Waals surface area contributed by atoms with Crippen molar-refractivity contribution < 1.29 is 14.5 Å². The maximum Gasteiger partial charge on any atom is 0.379 e. The Morgan fingerprint density at radius 1 is 1.26 bits per heavy atom. The van der Waals surface area contributed by atoms with Gasteiger partial charge in [-0.15, -0.1) is 0 Å². The van der Waals surface area contributed by atoms with E-state index in [0.717, 1.165) is 42.2 Å². The number of benzene rings is 1. The Labute approximate surface area is 165 Å². The number of fused-ring (bicyclic) bond motifs is 2. The highest BCUT2D eigenvalue weighted by molar-refractivity contribution is 7.91. The molecule has 0 unspecified atom stereocenters. The second-order valence-corrected chi connectivity index (χ2v) is 10.1. The number of amides is 2. The van der Waals surface area contributed by atoms with Crippen LogP contribution in [0, 0.1) is 0 Å².